The van der Waals surface area contributed by atoms with Crippen LogP contribution in [-0.4, -0.2) is 24.7 Å². The molecule has 0 radical (unpaired) electrons. The number of nitrogens with one attached hydrogen (secondary N) is 1. The van der Waals surface area contributed by atoms with Gasteiger partial charge in [-0.05, 0) is 30.2 Å². The number of benzene rings is 3. The zero-order valence-corrected chi connectivity index (χ0v) is 15.7. The van der Waals surface area contributed by atoms with E-state index in [1.54, 1.807) is 0 Å². The van der Waals surface area contributed by atoms with Gasteiger partial charge in [-0.1, -0.05) is 72.8 Å². The van der Waals surface area contributed by atoms with Crippen LogP contribution in [0, 0.1) is 0 Å². The first-order valence-electron chi connectivity index (χ1n) is 9.51. The first kappa shape index (κ1) is 18.1. The molecule has 0 fully saturated rings. The van der Waals surface area contributed by atoms with Crippen LogP contribution in [0.5, 0.6) is 11.5 Å². The fourth-order valence-electron chi connectivity index (χ4n) is 3.47. The summed E-state index contributed by atoms with van der Waals surface area (Å²) in [6.45, 7) is 2.35. The largest absolute Gasteiger partial charge is 0.486 e. The first-order valence-corrected chi connectivity index (χ1v) is 9.51. The number of hydrogen-bond acceptors (Lipinski definition) is 3. The molecule has 28 heavy (non-hydrogen) atoms. The van der Waals surface area contributed by atoms with Gasteiger partial charge < -0.3 is 14.8 Å². The highest BCUT2D eigenvalue weighted by molar-refractivity contribution is 5.87. The van der Waals surface area contributed by atoms with E-state index < -0.39 is 0 Å². The molecule has 1 heterocycles. The lowest BCUT2D eigenvalue weighted by atomic mass is 9.90. The minimum absolute atomic E-state index is 0.0487. The summed E-state index contributed by atoms with van der Waals surface area (Å²) in [5, 5.41) is 3.13. The molecule has 3 aromatic rings. The zero-order chi connectivity index (χ0) is 19.3. The number of amides is 1. The van der Waals surface area contributed by atoms with Crippen LogP contribution in [0.25, 0.3) is 0 Å². The van der Waals surface area contributed by atoms with Crippen molar-refractivity contribution in [3.63, 3.8) is 0 Å². The summed E-state index contributed by atoms with van der Waals surface area (Å²) in [6.07, 6.45) is -0.244. The summed E-state index contributed by atoms with van der Waals surface area (Å²) in [4.78, 5) is 13.2. The average molecular weight is 373 g/mol. The molecule has 0 bridgehead atoms. The Morgan fingerprint density at radius 2 is 1.39 bits per heavy atom. The standard InChI is InChI=1S/C24H23NO3/c1-17(22-16-27-20-14-8-9-15-21(20)28-22)25-24(26)23(18-10-4-2-5-11-18)19-12-6-3-7-13-19/h2-15,17,22-23H,16H2,1H3,(H,25,26)/t17-,22+/m0/s1. The van der Waals surface area contributed by atoms with E-state index >= 15 is 0 Å². The second-order valence-electron chi connectivity index (χ2n) is 6.97. The molecule has 4 nitrogen and oxygen atoms in total. The highest BCUT2D eigenvalue weighted by Gasteiger charge is 2.30. The van der Waals surface area contributed by atoms with Crippen molar-refractivity contribution in [3.8, 4) is 11.5 Å². The van der Waals surface area contributed by atoms with Crippen LogP contribution in [0.2, 0.25) is 0 Å². The van der Waals surface area contributed by atoms with Gasteiger partial charge in [-0.3, -0.25) is 4.79 Å². The van der Waals surface area contributed by atoms with E-state index in [-0.39, 0.29) is 24.0 Å². The van der Waals surface area contributed by atoms with Crippen LogP contribution in [-0.2, 0) is 4.79 Å². The molecule has 0 aliphatic carbocycles. The molecular weight excluding hydrogens is 350 g/mol. The molecule has 1 N–H and O–H groups in total. The van der Waals surface area contributed by atoms with Gasteiger partial charge in [-0.15, -0.1) is 0 Å². The third-order valence-corrected chi connectivity index (χ3v) is 4.99. The van der Waals surface area contributed by atoms with Crippen molar-refractivity contribution in [2.24, 2.45) is 0 Å². The van der Waals surface area contributed by atoms with Gasteiger partial charge in [-0.25, -0.2) is 0 Å². The van der Waals surface area contributed by atoms with Gasteiger partial charge in [0.25, 0.3) is 0 Å². The maximum atomic E-state index is 13.2. The topological polar surface area (TPSA) is 47.6 Å². The highest BCUT2D eigenvalue weighted by Crippen LogP contribution is 2.32. The molecule has 142 valence electrons. The number of para-hydroxylation sites is 2. The van der Waals surface area contributed by atoms with E-state index in [4.69, 9.17) is 9.47 Å². The molecule has 1 aliphatic rings. The lowest BCUT2D eigenvalue weighted by Crippen LogP contribution is -2.49. The minimum atomic E-state index is -0.373. The smallest absolute Gasteiger partial charge is 0.232 e. The average Bonchev–Trinajstić information content (AvgIpc) is 2.75. The van der Waals surface area contributed by atoms with Gasteiger partial charge in [-0.2, -0.15) is 0 Å². The van der Waals surface area contributed by atoms with Crippen molar-refractivity contribution in [2.45, 2.75) is 25.0 Å². The molecule has 3 aromatic carbocycles. The molecule has 0 saturated heterocycles. The van der Waals surface area contributed by atoms with Crippen molar-refractivity contribution in [1.82, 2.24) is 5.32 Å². The third-order valence-electron chi connectivity index (χ3n) is 4.99. The summed E-state index contributed by atoms with van der Waals surface area (Å²) in [5.74, 6) is 1.03. The molecule has 1 aliphatic heterocycles. The Bertz CT molecular complexity index is 887. The number of hydrogen-bond donors (Lipinski definition) is 1. The van der Waals surface area contributed by atoms with Crippen LogP contribution in [0.15, 0.2) is 84.9 Å². The van der Waals surface area contributed by atoms with Crippen molar-refractivity contribution in [2.75, 3.05) is 6.61 Å². The van der Waals surface area contributed by atoms with E-state index in [0.717, 1.165) is 16.9 Å². The molecule has 4 heteroatoms. The number of rotatable bonds is 5. The SMILES string of the molecule is C[C@H](NC(=O)C(c1ccccc1)c1ccccc1)[C@H]1COc2ccccc2O1. The van der Waals surface area contributed by atoms with Gasteiger partial charge >= 0.3 is 0 Å². The molecule has 0 spiro atoms. The Morgan fingerprint density at radius 3 is 2.00 bits per heavy atom. The quantitative estimate of drug-likeness (QED) is 0.730. The Balaban J connectivity index is 1.52. The second kappa shape index (κ2) is 8.17. The fourth-order valence-corrected chi connectivity index (χ4v) is 3.47. The lowest BCUT2D eigenvalue weighted by Gasteiger charge is -2.31. The van der Waals surface area contributed by atoms with E-state index in [1.807, 2.05) is 91.9 Å². The van der Waals surface area contributed by atoms with Crippen LogP contribution in [0.1, 0.15) is 24.0 Å². The van der Waals surface area contributed by atoms with Crippen molar-refractivity contribution < 1.29 is 14.3 Å². The number of ether oxygens (including phenoxy) is 2. The normalized spacial score (nSPS) is 16.4. The predicted molar refractivity (Wildman–Crippen MR) is 109 cm³/mol. The van der Waals surface area contributed by atoms with Crippen LogP contribution < -0.4 is 14.8 Å². The van der Waals surface area contributed by atoms with Crippen molar-refractivity contribution >= 4 is 5.91 Å². The van der Waals surface area contributed by atoms with Gasteiger partial charge in [0.1, 0.15) is 6.61 Å². The zero-order valence-electron chi connectivity index (χ0n) is 15.7. The Morgan fingerprint density at radius 1 is 0.857 bits per heavy atom. The molecule has 1 amide bonds. The van der Waals surface area contributed by atoms with Crippen molar-refractivity contribution in [1.29, 1.82) is 0 Å². The van der Waals surface area contributed by atoms with E-state index in [1.165, 1.54) is 0 Å². The molecule has 0 saturated carbocycles. The van der Waals surface area contributed by atoms with Gasteiger partial charge in [0, 0.05) is 0 Å². The predicted octanol–water partition coefficient (Wildman–Crippen LogP) is 4.16. The van der Waals surface area contributed by atoms with Gasteiger partial charge in [0.2, 0.25) is 5.91 Å². The second-order valence-corrected chi connectivity index (χ2v) is 6.97. The summed E-state index contributed by atoms with van der Waals surface area (Å²) in [6, 6.07) is 27.1. The molecule has 0 aromatic heterocycles. The maximum absolute atomic E-state index is 13.2. The number of carbonyl (C=O) groups is 1. The molecule has 2 atom stereocenters. The van der Waals surface area contributed by atoms with Gasteiger partial charge in [0.05, 0.1) is 12.0 Å². The third kappa shape index (κ3) is 3.86. The summed E-state index contributed by atoms with van der Waals surface area (Å²) in [5.41, 5.74) is 1.93. The van der Waals surface area contributed by atoms with Gasteiger partial charge in [0.15, 0.2) is 17.6 Å². The summed E-state index contributed by atoms with van der Waals surface area (Å²) < 4.78 is 11.8. The van der Waals surface area contributed by atoms with Crippen LogP contribution in [0.3, 0.4) is 0 Å². The molecular formula is C24H23NO3. The highest BCUT2D eigenvalue weighted by atomic mass is 16.6. The molecule has 4 rings (SSSR count). The molecule has 0 unspecified atom stereocenters. The fraction of sp³-hybridized carbons (Fsp3) is 0.208. The Hall–Kier alpha value is -3.27. The summed E-state index contributed by atoms with van der Waals surface area (Å²) >= 11 is 0. The van der Waals surface area contributed by atoms with E-state index in [9.17, 15) is 4.79 Å². The van der Waals surface area contributed by atoms with E-state index in [2.05, 4.69) is 5.32 Å². The van der Waals surface area contributed by atoms with Crippen molar-refractivity contribution in [3.05, 3.63) is 96.1 Å². The Labute approximate surface area is 165 Å². The van der Waals surface area contributed by atoms with Crippen LogP contribution >= 0.6 is 0 Å². The minimum Gasteiger partial charge on any atom is -0.486 e. The Kier molecular flexibility index (Phi) is 5.29. The number of carbonyl (C=O) groups excluding carboxylic acids is 1. The van der Waals surface area contributed by atoms with E-state index in [0.29, 0.717) is 12.4 Å². The first-order chi connectivity index (χ1) is 13.7. The van der Waals surface area contributed by atoms with Crippen LogP contribution in [0.4, 0.5) is 0 Å². The number of fused-ring (bicyclic) bond motifs is 1. The monoisotopic (exact) mass is 373 g/mol. The summed E-state index contributed by atoms with van der Waals surface area (Å²) in [7, 11) is 0. The maximum Gasteiger partial charge on any atom is 0.232 e. The lowest BCUT2D eigenvalue weighted by molar-refractivity contribution is -0.123.